The van der Waals surface area contributed by atoms with Crippen LogP contribution in [0.2, 0.25) is 0 Å². The highest BCUT2D eigenvalue weighted by atomic mass is 32.2. The molecule has 0 N–H and O–H groups in total. The van der Waals surface area contributed by atoms with E-state index in [1.807, 2.05) is 0 Å². The Labute approximate surface area is 97.6 Å². The number of benzene rings is 1. The SMILES string of the molecule is Cc1ccc(CC2CCS(=O)(=O)CC2)cc1. The van der Waals surface area contributed by atoms with Gasteiger partial charge in [0.25, 0.3) is 0 Å². The topological polar surface area (TPSA) is 34.1 Å². The van der Waals surface area contributed by atoms with Gasteiger partial charge in [-0.05, 0) is 37.7 Å². The molecule has 1 heterocycles. The van der Waals surface area contributed by atoms with Crippen LogP contribution in [-0.2, 0) is 16.3 Å². The van der Waals surface area contributed by atoms with Gasteiger partial charge in [-0.1, -0.05) is 29.8 Å². The molecule has 16 heavy (non-hydrogen) atoms. The van der Waals surface area contributed by atoms with Crippen molar-refractivity contribution in [3.8, 4) is 0 Å². The lowest BCUT2D eigenvalue weighted by molar-refractivity contribution is 0.463. The number of rotatable bonds is 2. The predicted molar refractivity (Wildman–Crippen MR) is 66.3 cm³/mol. The average molecular weight is 238 g/mol. The van der Waals surface area contributed by atoms with E-state index in [4.69, 9.17) is 0 Å². The quantitative estimate of drug-likeness (QED) is 0.792. The fraction of sp³-hybridized carbons (Fsp3) is 0.538. The van der Waals surface area contributed by atoms with Crippen molar-refractivity contribution in [1.82, 2.24) is 0 Å². The Balaban J connectivity index is 1.94. The summed E-state index contributed by atoms with van der Waals surface area (Å²) >= 11 is 0. The van der Waals surface area contributed by atoms with E-state index in [1.54, 1.807) is 0 Å². The first-order valence-electron chi connectivity index (χ1n) is 5.81. The monoisotopic (exact) mass is 238 g/mol. The fourth-order valence-electron chi connectivity index (χ4n) is 2.20. The third-order valence-electron chi connectivity index (χ3n) is 3.32. The van der Waals surface area contributed by atoms with Crippen molar-refractivity contribution in [3.05, 3.63) is 35.4 Å². The summed E-state index contributed by atoms with van der Waals surface area (Å²) in [5.41, 5.74) is 2.60. The molecule has 1 aliphatic heterocycles. The van der Waals surface area contributed by atoms with Crippen molar-refractivity contribution >= 4 is 9.84 Å². The van der Waals surface area contributed by atoms with Crippen molar-refractivity contribution in [3.63, 3.8) is 0 Å². The van der Waals surface area contributed by atoms with Crippen LogP contribution in [0.5, 0.6) is 0 Å². The van der Waals surface area contributed by atoms with E-state index in [0.717, 1.165) is 19.3 Å². The van der Waals surface area contributed by atoms with E-state index in [-0.39, 0.29) is 0 Å². The summed E-state index contributed by atoms with van der Waals surface area (Å²) in [4.78, 5) is 0. The van der Waals surface area contributed by atoms with Gasteiger partial charge in [0, 0.05) is 0 Å². The molecule has 0 amide bonds. The van der Waals surface area contributed by atoms with Crippen LogP contribution in [-0.4, -0.2) is 19.9 Å². The maximum absolute atomic E-state index is 11.3. The fourth-order valence-corrected chi connectivity index (χ4v) is 3.79. The molecule has 2 rings (SSSR count). The van der Waals surface area contributed by atoms with Crippen molar-refractivity contribution in [2.75, 3.05) is 11.5 Å². The van der Waals surface area contributed by atoms with Crippen molar-refractivity contribution in [2.24, 2.45) is 5.92 Å². The molecule has 0 aliphatic carbocycles. The predicted octanol–water partition coefficient (Wildman–Crippen LogP) is 2.36. The molecule has 0 spiro atoms. The lowest BCUT2D eigenvalue weighted by atomic mass is 9.94. The largest absolute Gasteiger partial charge is 0.229 e. The summed E-state index contributed by atoms with van der Waals surface area (Å²) in [6, 6.07) is 8.54. The minimum absolute atomic E-state index is 0.379. The highest BCUT2D eigenvalue weighted by Gasteiger charge is 2.23. The molecule has 0 aromatic heterocycles. The molecule has 1 aromatic carbocycles. The zero-order valence-corrected chi connectivity index (χ0v) is 10.5. The summed E-state index contributed by atoms with van der Waals surface area (Å²) in [5, 5.41) is 0. The van der Waals surface area contributed by atoms with Crippen molar-refractivity contribution < 1.29 is 8.42 Å². The molecule has 0 unspecified atom stereocenters. The summed E-state index contributed by atoms with van der Waals surface area (Å²) in [6.07, 6.45) is 2.68. The zero-order chi connectivity index (χ0) is 11.6. The number of aryl methyl sites for hydroxylation is 1. The molecular weight excluding hydrogens is 220 g/mol. The molecular formula is C13H18O2S. The Morgan fingerprint density at radius 1 is 1.12 bits per heavy atom. The van der Waals surface area contributed by atoms with Crippen LogP contribution in [0.25, 0.3) is 0 Å². The highest BCUT2D eigenvalue weighted by molar-refractivity contribution is 7.91. The molecule has 0 atom stereocenters. The van der Waals surface area contributed by atoms with Crippen molar-refractivity contribution in [2.45, 2.75) is 26.2 Å². The first-order valence-corrected chi connectivity index (χ1v) is 7.63. The maximum Gasteiger partial charge on any atom is 0.150 e. The minimum Gasteiger partial charge on any atom is -0.229 e. The molecule has 0 bridgehead atoms. The average Bonchev–Trinajstić information content (AvgIpc) is 2.24. The molecule has 1 aromatic rings. The zero-order valence-electron chi connectivity index (χ0n) is 9.65. The Hall–Kier alpha value is -0.830. The van der Waals surface area contributed by atoms with E-state index < -0.39 is 9.84 Å². The van der Waals surface area contributed by atoms with Crippen LogP contribution in [0.15, 0.2) is 24.3 Å². The third-order valence-corrected chi connectivity index (χ3v) is 5.03. The molecule has 0 radical (unpaired) electrons. The van der Waals surface area contributed by atoms with Crippen LogP contribution < -0.4 is 0 Å². The molecule has 88 valence electrons. The van der Waals surface area contributed by atoms with E-state index in [9.17, 15) is 8.42 Å². The smallest absolute Gasteiger partial charge is 0.150 e. The summed E-state index contributed by atoms with van der Waals surface area (Å²) in [6.45, 7) is 2.08. The first kappa shape index (κ1) is 11.6. The van der Waals surface area contributed by atoms with Crippen LogP contribution in [0, 0.1) is 12.8 Å². The summed E-state index contributed by atoms with van der Waals surface area (Å²) < 4.78 is 22.6. The van der Waals surface area contributed by atoms with Gasteiger partial charge in [0.05, 0.1) is 11.5 Å². The Bertz CT molecular complexity index is 431. The van der Waals surface area contributed by atoms with Crippen LogP contribution >= 0.6 is 0 Å². The number of sulfone groups is 1. The van der Waals surface area contributed by atoms with E-state index in [2.05, 4.69) is 31.2 Å². The van der Waals surface area contributed by atoms with Gasteiger partial charge in [0.1, 0.15) is 9.84 Å². The Morgan fingerprint density at radius 3 is 2.25 bits per heavy atom. The molecule has 2 nitrogen and oxygen atoms in total. The van der Waals surface area contributed by atoms with Crippen molar-refractivity contribution in [1.29, 1.82) is 0 Å². The second kappa shape index (κ2) is 4.58. The maximum atomic E-state index is 11.3. The second-order valence-corrected chi connectivity index (χ2v) is 7.09. The highest BCUT2D eigenvalue weighted by Crippen LogP contribution is 2.22. The summed E-state index contributed by atoms with van der Waals surface area (Å²) in [5.74, 6) is 1.30. The van der Waals surface area contributed by atoms with Gasteiger partial charge in [0.2, 0.25) is 0 Å². The number of hydrogen-bond donors (Lipinski definition) is 0. The lowest BCUT2D eigenvalue weighted by Crippen LogP contribution is -2.24. The van der Waals surface area contributed by atoms with Gasteiger partial charge in [-0.15, -0.1) is 0 Å². The Kier molecular flexibility index (Phi) is 3.33. The van der Waals surface area contributed by atoms with Gasteiger partial charge < -0.3 is 0 Å². The normalized spacial score (nSPS) is 20.8. The van der Waals surface area contributed by atoms with Crippen LogP contribution in [0.4, 0.5) is 0 Å². The third kappa shape index (κ3) is 3.08. The van der Waals surface area contributed by atoms with E-state index >= 15 is 0 Å². The minimum atomic E-state index is -2.71. The van der Waals surface area contributed by atoms with Gasteiger partial charge in [-0.2, -0.15) is 0 Å². The molecule has 3 heteroatoms. The lowest BCUT2D eigenvalue weighted by Gasteiger charge is -2.21. The van der Waals surface area contributed by atoms with Gasteiger partial charge in [0.15, 0.2) is 0 Å². The molecule has 1 fully saturated rings. The molecule has 1 saturated heterocycles. The van der Waals surface area contributed by atoms with Crippen LogP contribution in [0.3, 0.4) is 0 Å². The first-order chi connectivity index (χ1) is 7.55. The van der Waals surface area contributed by atoms with E-state index in [0.29, 0.717) is 17.4 Å². The number of hydrogen-bond acceptors (Lipinski definition) is 2. The Morgan fingerprint density at radius 2 is 1.69 bits per heavy atom. The van der Waals surface area contributed by atoms with Gasteiger partial charge in [-0.3, -0.25) is 0 Å². The summed E-state index contributed by atoms with van der Waals surface area (Å²) in [7, 11) is -2.71. The molecule has 0 saturated carbocycles. The van der Waals surface area contributed by atoms with Gasteiger partial charge in [-0.25, -0.2) is 8.42 Å². The van der Waals surface area contributed by atoms with E-state index in [1.165, 1.54) is 11.1 Å². The molecule has 1 aliphatic rings. The van der Waals surface area contributed by atoms with Gasteiger partial charge >= 0.3 is 0 Å². The second-order valence-electron chi connectivity index (χ2n) is 4.78. The standard InChI is InChI=1S/C13H18O2S/c1-11-2-4-12(5-3-11)10-13-6-8-16(14,15)9-7-13/h2-5,13H,6-10H2,1H3. The van der Waals surface area contributed by atoms with Crippen LogP contribution in [0.1, 0.15) is 24.0 Å².